The van der Waals surface area contributed by atoms with Crippen LogP contribution in [0, 0.1) is 0 Å². The molecule has 0 aliphatic carbocycles. The van der Waals surface area contributed by atoms with Gasteiger partial charge < -0.3 is 29.3 Å². The highest BCUT2D eigenvalue weighted by Gasteiger charge is 2.33. The minimum absolute atomic E-state index is 0.0371. The molecule has 1 aromatic carbocycles. The molecule has 0 saturated heterocycles. The van der Waals surface area contributed by atoms with E-state index in [0.717, 1.165) is 115 Å². The van der Waals surface area contributed by atoms with E-state index >= 15 is 0 Å². The lowest BCUT2D eigenvalue weighted by molar-refractivity contribution is -0.112. The first-order chi connectivity index (χ1) is 17.2. The van der Waals surface area contributed by atoms with E-state index in [2.05, 4.69) is 5.32 Å². The second-order valence-corrected chi connectivity index (χ2v) is 9.19. The average molecular weight is 489 g/mol. The monoisotopic (exact) mass is 488 g/mol. The molecule has 1 N–H and O–H groups in total. The summed E-state index contributed by atoms with van der Waals surface area (Å²) in [5.41, 5.74) is 2.72. The molecule has 0 fully saturated rings. The molecular formula is C28H44N2O5. The molecule has 0 radical (unpaired) electrons. The van der Waals surface area contributed by atoms with Gasteiger partial charge in [-0.15, -0.1) is 0 Å². The molecule has 1 aliphatic rings. The number of hydrogen-bond acceptors (Lipinski definition) is 6. The van der Waals surface area contributed by atoms with Crippen LogP contribution in [0.3, 0.4) is 0 Å². The molecule has 0 aromatic heterocycles. The van der Waals surface area contributed by atoms with Crippen molar-refractivity contribution in [2.75, 3.05) is 38.3 Å². The minimum atomic E-state index is -0.342. The van der Waals surface area contributed by atoms with Crippen molar-refractivity contribution in [2.45, 2.75) is 90.1 Å². The normalized spacial score (nSPS) is 13.6. The van der Waals surface area contributed by atoms with Crippen LogP contribution in [0.4, 0.5) is 5.69 Å². The quantitative estimate of drug-likeness (QED) is 0.179. The Hall–Kier alpha value is -2.25. The summed E-state index contributed by atoms with van der Waals surface area (Å²) in [5, 5.41) is 3.49. The number of carbonyl (C=O) groups is 3. The number of aldehydes is 2. The van der Waals surface area contributed by atoms with Gasteiger partial charge in [0.2, 0.25) is 0 Å². The summed E-state index contributed by atoms with van der Waals surface area (Å²) in [7, 11) is 0. The fraction of sp³-hybridized carbons (Fsp3) is 0.679. The van der Waals surface area contributed by atoms with Crippen molar-refractivity contribution in [1.82, 2.24) is 4.90 Å². The van der Waals surface area contributed by atoms with E-state index in [1.54, 1.807) is 4.90 Å². The van der Waals surface area contributed by atoms with Crippen LogP contribution >= 0.6 is 0 Å². The molecule has 0 bridgehead atoms. The van der Waals surface area contributed by atoms with Crippen molar-refractivity contribution >= 4 is 24.2 Å². The summed E-state index contributed by atoms with van der Waals surface area (Å²) in [6.45, 7) is 6.53. The molecule has 196 valence electrons. The van der Waals surface area contributed by atoms with Crippen molar-refractivity contribution in [3.8, 4) is 0 Å². The molecule has 1 unspecified atom stereocenters. The van der Waals surface area contributed by atoms with Gasteiger partial charge in [-0.25, -0.2) is 0 Å². The largest absolute Gasteiger partial charge is 0.385 e. The molecule has 7 nitrogen and oxygen atoms in total. The number of nitrogens with zero attached hydrogens (tertiary/aromatic N) is 1. The van der Waals surface area contributed by atoms with Crippen LogP contribution < -0.4 is 5.32 Å². The number of nitrogens with one attached hydrogen (secondary N) is 1. The maximum Gasteiger partial charge on any atom is 0.255 e. The minimum Gasteiger partial charge on any atom is -0.385 e. The van der Waals surface area contributed by atoms with E-state index in [-0.39, 0.29) is 11.9 Å². The highest BCUT2D eigenvalue weighted by Crippen LogP contribution is 2.31. The second kappa shape index (κ2) is 18.1. The summed E-state index contributed by atoms with van der Waals surface area (Å²) >= 11 is 0. The van der Waals surface area contributed by atoms with Crippen LogP contribution in [-0.4, -0.2) is 62.4 Å². The van der Waals surface area contributed by atoms with Crippen molar-refractivity contribution in [2.24, 2.45) is 0 Å². The van der Waals surface area contributed by atoms with E-state index < -0.39 is 0 Å². The zero-order valence-electron chi connectivity index (χ0n) is 21.5. The number of hydrogen-bond donors (Lipinski definition) is 1. The molecule has 1 heterocycles. The molecule has 1 atom stereocenters. The topological polar surface area (TPSA) is 84.9 Å². The summed E-state index contributed by atoms with van der Waals surface area (Å²) in [6.07, 6.45) is 12.4. The number of amides is 1. The highest BCUT2D eigenvalue weighted by atomic mass is 16.5. The molecule has 7 heteroatoms. The Morgan fingerprint density at radius 3 is 2.23 bits per heavy atom. The summed E-state index contributed by atoms with van der Waals surface area (Å²) < 4.78 is 11.3. The first kappa shape index (κ1) is 29.0. The third-order valence-electron chi connectivity index (χ3n) is 6.36. The Balaban J connectivity index is 1.50. The Bertz CT molecular complexity index is 755. The zero-order valence-corrected chi connectivity index (χ0v) is 21.5. The van der Waals surface area contributed by atoms with Crippen LogP contribution in [0.1, 0.15) is 93.5 Å². The van der Waals surface area contributed by atoms with Crippen molar-refractivity contribution in [1.29, 1.82) is 0 Å². The standard InChI is InChI=1S/C28H44N2O5/c1-2-13-24(23-32)30-22-26-25(28(30)33)14-12-15-27(26)29-16-6-3-8-18-34-20-10-5-11-21-35-19-9-4-7-17-31/h12,14-15,17,23-24,29H,2-11,13,16,18-22H2,1H3. The summed E-state index contributed by atoms with van der Waals surface area (Å²) in [5.74, 6) is -0.0371. The Morgan fingerprint density at radius 1 is 0.943 bits per heavy atom. The average Bonchev–Trinajstić information content (AvgIpc) is 3.21. The van der Waals surface area contributed by atoms with Gasteiger partial charge in [0.1, 0.15) is 12.6 Å². The lowest BCUT2D eigenvalue weighted by atomic mass is 10.1. The second-order valence-electron chi connectivity index (χ2n) is 9.19. The van der Waals surface area contributed by atoms with E-state index in [9.17, 15) is 14.4 Å². The third kappa shape index (κ3) is 10.5. The molecular weight excluding hydrogens is 444 g/mol. The fourth-order valence-corrected chi connectivity index (χ4v) is 4.33. The highest BCUT2D eigenvalue weighted by molar-refractivity contribution is 6.01. The Labute approximate surface area is 210 Å². The fourth-order valence-electron chi connectivity index (χ4n) is 4.33. The SMILES string of the molecule is CCCC(C=O)N1Cc2c(NCCCCCOCCCCCOCCCCC=O)cccc2C1=O. The van der Waals surface area contributed by atoms with Gasteiger partial charge in [0.05, 0.1) is 6.04 Å². The van der Waals surface area contributed by atoms with Crippen molar-refractivity contribution in [3.63, 3.8) is 0 Å². The van der Waals surface area contributed by atoms with E-state index in [4.69, 9.17) is 9.47 Å². The first-order valence-corrected chi connectivity index (χ1v) is 13.4. The van der Waals surface area contributed by atoms with Gasteiger partial charge in [-0.05, 0) is 69.9 Å². The number of ether oxygens (including phenoxy) is 2. The molecule has 0 saturated carbocycles. The van der Waals surface area contributed by atoms with Crippen LogP contribution in [0.15, 0.2) is 18.2 Å². The molecule has 35 heavy (non-hydrogen) atoms. The van der Waals surface area contributed by atoms with Crippen molar-refractivity contribution < 1.29 is 23.9 Å². The number of fused-ring (bicyclic) bond motifs is 1. The van der Waals surface area contributed by atoms with Gasteiger partial charge in [-0.2, -0.15) is 0 Å². The smallest absolute Gasteiger partial charge is 0.255 e. The van der Waals surface area contributed by atoms with Crippen LogP contribution in [0.25, 0.3) is 0 Å². The molecule has 0 spiro atoms. The van der Waals surface area contributed by atoms with Gasteiger partial charge >= 0.3 is 0 Å². The predicted molar refractivity (Wildman–Crippen MR) is 139 cm³/mol. The molecule has 2 rings (SSSR count). The maximum absolute atomic E-state index is 12.8. The summed E-state index contributed by atoms with van der Waals surface area (Å²) in [4.78, 5) is 36.2. The number of rotatable bonds is 22. The number of benzene rings is 1. The van der Waals surface area contributed by atoms with E-state index in [0.29, 0.717) is 24.9 Å². The van der Waals surface area contributed by atoms with Gasteiger partial charge in [-0.1, -0.05) is 19.4 Å². The van der Waals surface area contributed by atoms with E-state index in [1.807, 2.05) is 25.1 Å². The molecule has 1 aromatic rings. The van der Waals surface area contributed by atoms with Crippen molar-refractivity contribution in [3.05, 3.63) is 29.3 Å². The predicted octanol–water partition coefficient (Wildman–Crippen LogP) is 5.16. The first-order valence-electron chi connectivity index (χ1n) is 13.4. The molecule has 1 amide bonds. The van der Waals surface area contributed by atoms with Gasteiger partial charge in [-0.3, -0.25) is 4.79 Å². The van der Waals surface area contributed by atoms with Gasteiger partial charge in [0.25, 0.3) is 5.91 Å². The zero-order chi connectivity index (χ0) is 25.1. The number of anilines is 1. The summed E-state index contributed by atoms with van der Waals surface area (Å²) in [6, 6.07) is 5.45. The van der Waals surface area contributed by atoms with Crippen LogP contribution in [0.5, 0.6) is 0 Å². The van der Waals surface area contributed by atoms with E-state index in [1.165, 1.54) is 0 Å². The lowest BCUT2D eigenvalue weighted by Gasteiger charge is -2.22. The Kier molecular flexibility index (Phi) is 15.0. The Morgan fingerprint density at radius 2 is 1.60 bits per heavy atom. The maximum atomic E-state index is 12.8. The number of carbonyl (C=O) groups excluding carboxylic acids is 3. The van der Waals surface area contributed by atoms with Gasteiger partial charge in [0, 0.05) is 62.8 Å². The number of unbranched alkanes of at least 4 members (excludes halogenated alkanes) is 6. The third-order valence-corrected chi connectivity index (χ3v) is 6.36. The lowest BCUT2D eigenvalue weighted by Crippen LogP contribution is -2.36. The molecule has 1 aliphatic heterocycles. The van der Waals surface area contributed by atoms with Crippen LogP contribution in [0.2, 0.25) is 0 Å². The van der Waals surface area contributed by atoms with Crippen LogP contribution in [-0.2, 0) is 25.6 Å². The van der Waals surface area contributed by atoms with Gasteiger partial charge in [0.15, 0.2) is 0 Å².